The third kappa shape index (κ3) is 4.17. The number of carboxylic acids is 1. The molecular weight excluding hydrogens is 371 g/mol. The van der Waals surface area contributed by atoms with Crippen molar-refractivity contribution in [2.24, 2.45) is 0 Å². The first-order valence-electron chi connectivity index (χ1n) is 8.05. The van der Waals surface area contributed by atoms with E-state index in [0.717, 1.165) is 32.8 Å². The van der Waals surface area contributed by atoms with Crippen LogP contribution in [0.15, 0.2) is 67.0 Å². The minimum atomic E-state index is -5.08. The molecule has 3 N–H and O–H groups in total. The second-order valence-electron chi connectivity index (χ2n) is 5.85. The number of carboxylic acid groups (broad SMARTS) is 1. The Balaban J connectivity index is 0.000000279. The molecule has 0 amide bonds. The molecule has 0 saturated carbocycles. The summed E-state index contributed by atoms with van der Waals surface area (Å²) in [4.78, 5) is 17.4. The molecule has 0 fully saturated rings. The minimum Gasteiger partial charge on any atom is -0.475 e. The molecule has 2 aromatic heterocycles. The highest BCUT2D eigenvalue weighted by Gasteiger charge is 2.38. The van der Waals surface area contributed by atoms with Crippen molar-refractivity contribution >= 4 is 33.5 Å². The molecule has 0 aliphatic heterocycles. The Kier molecular flexibility index (Phi) is 5.12. The largest absolute Gasteiger partial charge is 0.490 e. The van der Waals surface area contributed by atoms with E-state index in [1.807, 2.05) is 24.4 Å². The predicted molar refractivity (Wildman–Crippen MR) is 101 cm³/mol. The third-order valence-corrected chi connectivity index (χ3v) is 3.98. The van der Waals surface area contributed by atoms with E-state index in [2.05, 4.69) is 46.4 Å². The van der Waals surface area contributed by atoms with Crippen LogP contribution in [0.1, 0.15) is 0 Å². The number of aliphatic carboxylic acids is 1. The van der Waals surface area contributed by atoms with Crippen LogP contribution in [0.5, 0.6) is 0 Å². The van der Waals surface area contributed by atoms with Crippen molar-refractivity contribution < 1.29 is 23.1 Å². The highest BCUT2D eigenvalue weighted by Crippen LogP contribution is 2.28. The van der Waals surface area contributed by atoms with Gasteiger partial charge in [-0.25, -0.2) is 9.78 Å². The average molecular weight is 385 g/mol. The smallest absolute Gasteiger partial charge is 0.475 e. The number of nitrogens with two attached hydrogens (primary N) is 1. The molecule has 5 nitrogen and oxygen atoms in total. The fourth-order valence-corrected chi connectivity index (χ4v) is 2.63. The van der Waals surface area contributed by atoms with E-state index in [0.29, 0.717) is 5.82 Å². The van der Waals surface area contributed by atoms with Crippen LogP contribution in [0.2, 0.25) is 0 Å². The summed E-state index contributed by atoms with van der Waals surface area (Å²) in [6, 6.07) is 18.6. The number of nitrogens with zero attached hydrogens (tertiary/aromatic N) is 2. The Bertz CT molecular complexity index is 1160. The van der Waals surface area contributed by atoms with Crippen LogP contribution in [-0.2, 0) is 4.79 Å². The molecule has 2 heterocycles. The second-order valence-corrected chi connectivity index (χ2v) is 5.85. The van der Waals surface area contributed by atoms with Gasteiger partial charge in [-0.1, -0.05) is 24.3 Å². The number of alkyl halides is 3. The number of anilines is 1. The highest BCUT2D eigenvalue weighted by molar-refractivity contribution is 5.95. The predicted octanol–water partition coefficient (Wildman–Crippen LogP) is 4.67. The van der Waals surface area contributed by atoms with Gasteiger partial charge in [-0.05, 0) is 46.8 Å². The van der Waals surface area contributed by atoms with Crippen molar-refractivity contribution in [3.63, 3.8) is 0 Å². The summed E-state index contributed by atoms with van der Waals surface area (Å²) in [6.07, 6.45) is -1.54. The molecule has 0 atom stereocenters. The molecule has 4 aromatic rings. The van der Waals surface area contributed by atoms with Gasteiger partial charge in [0.2, 0.25) is 0 Å². The van der Waals surface area contributed by atoms with Gasteiger partial charge in [0.05, 0.1) is 5.52 Å². The zero-order valence-corrected chi connectivity index (χ0v) is 14.3. The number of hydrogen-bond acceptors (Lipinski definition) is 4. The maximum absolute atomic E-state index is 10.6. The number of rotatable bonds is 1. The molecule has 0 saturated heterocycles. The number of halogens is 3. The van der Waals surface area contributed by atoms with E-state index in [9.17, 15) is 13.2 Å². The van der Waals surface area contributed by atoms with Crippen LogP contribution in [0.3, 0.4) is 0 Å². The normalized spacial score (nSPS) is 11.1. The Hall–Kier alpha value is -3.68. The number of carbonyl (C=O) groups is 1. The highest BCUT2D eigenvalue weighted by atomic mass is 19.4. The van der Waals surface area contributed by atoms with Gasteiger partial charge in [0.15, 0.2) is 0 Å². The molecule has 0 bridgehead atoms. The maximum Gasteiger partial charge on any atom is 0.490 e. The van der Waals surface area contributed by atoms with Crippen molar-refractivity contribution in [3.8, 4) is 11.1 Å². The Morgan fingerprint density at radius 3 is 2.29 bits per heavy atom. The van der Waals surface area contributed by atoms with E-state index in [1.54, 1.807) is 6.20 Å². The summed E-state index contributed by atoms with van der Waals surface area (Å²) in [6.45, 7) is 0. The molecule has 28 heavy (non-hydrogen) atoms. The van der Waals surface area contributed by atoms with Gasteiger partial charge in [-0.3, -0.25) is 4.98 Å². The SMILES string of the molecule is Nc1nccc2ccc(-c3ccc4ncccc4c3)cc12.O=C(O)C(F)(F)F. The van der Waals surface area contributed by atoms with Gasteiger partial charge >= 0.3 is 12.1 Å². The number of benzene rings is 2. The van der Waals surface area contributed by atoms with Gasteiger partial charge in [0.1, 0.15) is 5.82 Å². The monoisotopic (exact) mass is 385 g/mol. The Morgan fingerprint density at radius 2 is 1.57 bits per heavy atom. The first-order valence-corrected chi connectivity index (χ1v) is 8.05. The topological polar surface area (TPSA) is 89.1 Å². The zero-order chi connectivity index (χ0) is 20.3. The molecule has 0 spiro atoms. The maximum atomic E-state index is 10.6. The molecule has 0 radical (unpaired) electrons. The van der Waals surface area contributed by atoms with E-state index in [-0.39, 0.29) is 0 Å². The summed E-state index contributed by atoms with van der Waals surface area (Å²) < 4.78 is 31.7. The molecular formula is C20H14F3N3O2. The van der Waals surface area contributed by atoms with E-state index in [4.69, 9.17) is 15.6 Å². The van der Waals surface area contributed by atoms with Crippen LogP contribution < -0.4 is 5.73 Å². The van der Waals surface area contributed by atoms with Crippen LogP contribution in [-0.4, -0.2) is 27.2 Å². The summed E-state index contributed by atoms with van der Waals surface area (Å²) in [5.41, 5.74) is 9.26. The van der Waals surface area contributed by atoms with Crippen molar-refractivity contribution in [2.45, 2.75) is 6.18 Å². The number of hydrogen-bond donors (Lipinski definition) is 2. The fraction of sp³-hybridized carbons (Fsp3) is 0.0500. The van der Waals surface area contributed by atoms with Crippen molar-refractivity contribution in [1.82, 2.24) is 9.97 Å². The lowest BCUT2D eigenvalue weighted by atomic mass is 10.0. The number of aromatic nitrogens is 2. The quantitative estimate of drug-likeness (QED) is 0.497. The average Bonchev–Trinajstić information content (AvgIpc) is 2.67. The summed E-state index contributed by atoms with van der Waals surface area (Å²) in [5, 5.41) is 10.4. The lowest BCUT2D eigenvalue weighted by molar-refractivity contribution is -0.192. The molecule has 0 aliphatic rings. The lowest BCUT2D eigenvalue weighted by Crippen LogP contribution is -2.21. The van der Waals surface area contributed by atoms with Gasteiger partial charge in [-0.2, -0.15) is 13.2 Å². The first-order chi connectivity index (χ1) is 13.3. The van der Waals surface area contributed by atoms with Crippen LogP contribution >= 0.6 is 0 Å². The molecule has 0 unspecified atom stereocenters. The third-order valence-electron chi connectivity index (χ3n) is 3.98. The minimum absolute atomic E-state index is 0.566. The summed E-state index contributed by atoms with van der Waals surface area (Å²) in [7, 11) is 0. The Labute approximate surface area is 157 Å². The molecule has 0 aliphatic carbocycles. The Morgan fingerprint density at radius 1 is 0.893 bits per heavy atom. The molecule has 2 aromatic carbocycles. The molecule has 4 rings (SSSR count). The van der Waals surface area contributed by atoms with Crippen molar-refractivity contribution in [1.29, 1.82) is 0 Å². The number of pyridine rings is 2. The standard InChI is InChI=1S/C18H13N3.C2HF3O2/c19-18-16-11-14(4-3-12(16)7-9-21-18)13-5-6-17-15(10-13)2-1-8-20-17;3-2(4,5)1(6)7/h1-11H,(H2,19,21);(H,6,7). The number of fused-ring (bicyclic) bond motifs is 2. The van der Waals surface area contributed by atoms with Crippen molar-refractivity contribution in [3.05, 3.63) is 67.0 Å². The van der Waals surface area contributed by atoms with Crippen LogP contribution in [0.4, 0.5) is 19.0 Å². The number of nitrogen functional groups attached to an aromatic ring is 1. The van der Waals surface area contributed by atoms with Gasteiger partial charge in [0.25, 0.3) is 0 Å². The molecule has 142 valence electrons. The molecule has 8 heteroatoms. The van der Waals surface area contributed by atoms with Crippen LogP contribution in [0, 0.1) is 0 Å². The van der Waals surface area contributed by atoms with E-state index >= 15 is 0 Å². The zero-order valence-electron chi connectivity index (χ0n) is 14.3. The summed E-state index contributed by atoms with van der Waals surface area (Å²) in [5.74, 6) is -2.19. The van der Waals surface area contributed by atoms with Crippen molar-refractivity contribution in [2.75, 3.05) is 5.73 Å². The van der Waals surface area contributed by atoms with Gasteiger partial charge < -0.3 is 10.8 Å². The van der Waals surface area contributed by atoms with Gasteiger partial charge in [0, 0.05) is 23.2 Å². The van der Waals surface area contributed by atoms with Gasteiger partial charge in [-0.15, -0.1) is 0 Å². The van der Waals surface area contributed by atoms with E-state index in [1.165, 1.54) is 0 Å². The fourth-order valence-electron chi connectivity index (χ4n) is 2.63. The summed E-state index contributed by atoms with van der Waals surface area (Å²) >= 11 is 0. The second kappa shape index (κ2) is 7.51. The lowest BCUT2D eigenvalue weighted by Gasteiger charge is -2.07. The van der Waals surface area contributed by atoms with E-state index < -0.39 is 12.1 Å². The first kappa shape index (κ1) is 19.1. The van der Waals surface area contributed by atoms with Crippen LogP contribution in [0.25, 0.3) is 32.8 Å².